The highest BCUT2D eigenvalue weighted by molar-refractivity contribution is 5.92. The van der Waals surface area contributed by atoms with Crippen molar-refractivity contribution in [1.29, 1.82) is 0 Å². The van der Waals surface area contributed by atoms with Crippen LogP contribution in [0.4, 0.5) is 13.2 Å². The normalized spacial score (nSPS) is 13.8. The summed E-state index contributed by atoms with van der Waals surface area (Å²) >= 11 is 0. The van der Waals surface area contributed by atoms with Crippen LogP contribution in [0.1, 0.15) is 52.8 Å². The number of nitrogens with one attached hydrogen (secondary N) is 1. The minimum absolute atomic E-state index is 0.196. The zero-order valence-electron chi connectivity index (χ0n) is 18.8. The number of benzene rings is 2. The van der Waals surface area contributed by atoms with E-state index in [2.05, 4.69) is 10.3 Å². The van der Waals surface area contributed by atoms with Gasteiger partial charge < -0.3 is 14.5 Å². The van der Waals surface area contributed by atoms with Crippen LogP contribution in [0.2, 0.25) is 0 Å². The molecule has 1 fully saturated rings. The smallest absolute Gasteiger partial charge is 0.416 e. The lowest BCUT2D eigenvalue weighted by Crippen LogP contribution is -2.26. The Labute approximate surface area is 195 Å². The minimum Gasteiger partial charge on any atom is -0.494 e. The van der Waals surface area contributed by atoms with Gasteiger partial charge in [0.15, 0.2) is 5.69 Å². The number of hydrogen-bond acceptors (Lipinski definition) is 5. The summed E-state index contributed by atoms with van der Waals surface area (Å²) in [4.78, 5) is 18.4. The van der Waals surface area contributed by atoms with Crippen LogP contribution in [-0.2, 0) is 25.8 Å². The summed E-state index contributed by atoms with van der Waals surface area (Å²) in [5, 5.41) is 2.86. The van der Waals surface area contributed by atoms with E-state index in [0.29, 0.717) is 24.6 Å². The summed E-state index contributed by atoms with van der Waals surface area (Å²) in [6.07, 6.45) is -1.18. The lowest BCUT2D eigenvalue weighted by atomic mass is 10.1. The van der Waals surface area contributed by atoms with Gasteiger partial charge >= 0.3 is 6.18 Å². The van der Waals surface area contributed by atoms with Crippen LogP contribution < -0.4 is 10.1 Å². The van der Waals surface area contributed by atoms with Crippen LogP contribution in [-0.4, -0.2) is 28.4 Å². The molecule has 0 unspecified atom stereocenters. The quantitative estimate of drug-likeness (QED) is 0.439. The maximum atomic E-state index is 13.2. The van der Waals surface area contributed by atoms with E-state index in [4.69, 9.17) is 9.15 Å². The van der Waals surface area contributed by atoms with Crippen molar-refractivity contribution in [3.8, 4) is 5.75 Å². The summed E-state index contributed by atoms with van der Waals surface area (Å²) < 4.78 is 50.5. The molecule has 1 N–H and O–H groups in total. The first-order valence-corrected chi connectivity index (χ1v) is 11.2. The molecule has 1 aliphatic carbocycles. The Bertz CT molecular complexity index is 1110. The molecule has 180 valence electrons. The molecule has 0 atom stereocenters. The maximum absolute atomic E-state index is 13.2. The molecule has 0 aliphatic heterocycles. The standard InChI is InChI=1S/C25H26F3N3O3/c1-2-33-21-10-6-17(7-11-21)13-31(14-18-4-3-5-19(12-18)25(26,27)28)15-23-30-22(16-34-23)24(32)29-20-8-9-20/h3-7,10-12,16,20H,2,8-9,13-15H2,1H3,(H,29,32). The highest BCUT2D eigenvalue weighted by Gasteiger charge is 2.30. The van der Waals surface area contributed by atoms with Crippen LogP contribution in [0.15, 0.2) is 59.2 Å². The van der Waals surface area contributed by atoms with Crippen molar-refractivity contribution in [1.82, 2.24) is 15.2 Å². The molecule has 3 aromatic rings. The zero-order valence-corrected chi connectivity index (χ0v) is 18.8. The average molecular weight is 473 g/mol. The maximum Gasteiger partial charge on any atom is 0.416 e. The predicted molar refractivity (Wildman–Crippen MR) is 119 cm³/mol. The van der Waals surface area contributed by atoms with E-state index in [-0.39, 0.29) is 30.7 Å². The average Bonchev–Trinajstić information content (AvgIpc) is 3.49. The van der Waals surface area contributed by atoms with E-state index in [1.54, 1.807) is 6.07 Å². The first kappa shape index (κ1) is 23.8. The second kappa shape index (κ2) is 10.3. The van der Waals surface area contributed by atoms with Crippen molar-refractivity contribution in [2.75, 3.05) is 6.61 Å². The van der Waals surface area contributed by atoms with Gasteiger partial charge in [0.25, 0.3) is 5.91 Å². The number of oxazole rings is 1. The molecule has 2 aromatic carbocycles. The third kappa shape index (κ3) is 6.60. The van der Waals surface area contributed by atoms with E-state index < -0.39 is 11.7 Å². The molecule has 0 spiro atoms. The number of amides is 1. The highest BCUT2D eigenvalue weighted by Crippen LogP contribution is 2.30. The van der Waals surface area contributed by atoms with Gasteiger partial charge in [-0.05, 0) is 49.1 Å². The SMILES string of the molecule is CCOc1ccc(CN(Cc2cccc(C(F)(F)F)c2)Cc2nc(C(=O)NC3CC3)co2)cc1. The molecule has 6 nitrogen and oxygen atoms in total. The van der Waals surface area contributed by atoms with Crippen molar-refractivity contribution in [3.63, 3.8) is 0 Å². The molecular formula is C25H26F3N3O3. The lowest BCUT2D eigenvalue weighted by Gasteiger charge is -2.22. The zero-order chi connectivity index (χ0) is 24.1. The molecule has 1 aliphatic rings. The number of carbonyl (C=O) groups is 1. The number of alkyl halides is 3. The Balaban J connectivity index is 1.51. The summed E-state index contributed by atoms with van der Waals surface area (Å²) in [6, 6.07) is 13.0. The summed E-state index contributed by atoms with van der Waals surface area (Å²) in [6.45, 7) is 3.36. The van der Waals surface area contributed by atoms with Gasteiger partial charge in [0.05, 0.1) is 18.7 Å². The fraction of sp³-hybridized carbons (Fsp3) is 0.360. The number of ether oxygens (including phenoxy) is 1. The summed E-state index contributed by atoms with van der Waals surface area (Å²) in [5.74, 6) is 0.780. The van der Waals surface area contributed by atoms with Crippen molar-refractivity contribution in [2.45, 2.75) is 51.6 Å². The fourth-order valence-corrected chi connectivity index (χ4v) is 3.55. The Kier molecular flexibility index (Phi) is 7.21. The van der Waals surface area contributed by atoms with Gasteiger partial charge in [-0.3, -0.25) is 9.69 Å². The number of carbonyl (C=O) groups excluding carboxylic acids is 1. The van der Waals surface area contributed by atoms with Gasteiger partial charge in [-0.25, -0.2) is 4.98 Å². The largest absolute Gasteiger partial charge is 0.494 e. The minimum atomic E-state index is -4.41. The van der Waals surface area contributed by atoms with Crippen LogP contribution >= 0.6 is 0 Å². The lowest BCUT2D eigenvalue weighted by molar-refractivity contribution is -0.137. The van der Waals surface area contributed by atoms with Crippen LogP contribution in [0.3, 0.4) is 0 Å². The second-order valence-electron chi connectivity index (χ2n) is 8.29. The number of aromatic nitrogens is 1. The van der Waals surface area contributed by atoms with Crippen molar-refractivity contribution < 1.29 is 27.1 Å². The van der Waals surface area contributed by atoms with Crippen molar-refractivity contribution in [3.05, 3.63) is 83.1 Å². The molecule has 0 saturated heterocycles. The molecular weight excluding hydrogens is 447 g/mol. The number of halogens is 3. The summed E-state index contributed by atoms with van der Waals surface area (Å²) in [5.41, 5.74) is 0.968. The topological polar surface area (TPSA) is 67.6 Å². The molecule has 0 radical (unpaired) electrons. The van der Waals surface area contributed by atoms with Crippen LogP contribution in [0.25, 0.3) is 0 Å². The van der Waals surface area contributed by atoms with Gasteiger partial charge in [-0.2, -0.15) is 13.2 Å². The van der Waals surface area contributed by atoms with Crippen molar-refractivity contribution >= 4 is 5.91 Å². The first-order chi connectivity index (χ1) is 16.3. The Morgan fingerprint density at radius 3 is 2.53 bits per heavy atom. The Hall–Kier alpha value is -3.33. The van der Waals surface area contributed by atoms with Crippen molar-refractivity contribution in [2.24, 2.45) is 0 Å². The molecule has 4 rings (SSSR count). The molecule has 1 heterocycles. The Morgan fingerprint density at radius 1 is 1.12 bits per heavy atom. The second-order valence-corrected chi connectivity index (χ2v) is 8.29. The van der Waals surface area contributed by atoms with Gasteiger partial charge in [0.1, 0.15) is 12.0 Å². The number of nitrogens with zero attached hydrogens (tertiary/aromatic N) is 2. The number of hydrogen-bond donors (Lipinski definition) is 1. The predicted octanol–water partition coefficient (Wildman–Crippen LogP) is 5.19. The molecule has 9 heteroatoms. The monoisotopic (exact) mass is 473 g/mol. The van der Waals surface area contributed by atoms with Gasteiger partial charge in [0, 0.05) is 19.1 Å². The molecule has 1 aromatic heterocycles. The van der Waals surface area contributed by atoms with E-state index in [9.17, 15) is 18.0 Å². The Morgan fingerprint density at radius 2 is 1.85 bits per heavy atom. The van der Waals surface area contributed by atoms with Crippen LogP contribution in [0.5, 0.6) is 5.75 Å². The fourth-order valence-electron chi connectivity index (χ4n) is 3.55. The van der Waals surface area contributed by atoms with Gasteiger partial charge in [-0.15, -0.1) is 0 Å². The van der Waals surface area contributed by atoms with E-state index in [1.165, 1.54) is 12.3 Å². The highest BCUT2D eigenvalue weighted by atomic mass is 19.4. The number of rotatable bonds is 10. The molecule has 34 heavy (non-hydrogen) atoms. The third-order valence-corrected chi connectivity index (χ3v) is 5.36. The summed E-state index contributed by atoms with van der Waals surface area (Å²) in [7, 11) is 0. The third-order valence-electron chi connectivity index (χ3n) is 5.36. The van der Waals surface area contributed by atoms with E-state index >= 15 is 0 Å². The van der Waals surface area contributed by atoms with E-state index in [1.807, 2.05) is 36.1 Å². The molecule has 1 saturated carbocycles. The molecule has 0 bridgehead atoms. The molecule has 1 amide bonds. The van der Waals surface area contributed by atoms with Gasteiger partial charge in [0.2, 0.25) is 5.89 Å². The van der Waals surface area contributed by atoms with Crippen LogP contribution in [0, 0.1) is 0 Å². The first-order valence-electron chi connectivity index (χ1n) is 11.2. The van der Waals surface area contributed by atoms with E-state index in [0.717, 1.165) is 36.3 Å². The van der Waals surface area contributed by atoms with Gasteiger partial charge in [-0.1, -0.05) is 30.3 Å².